The van der Waals surface area contributed by atoms with Crippen molar-refractivity contribution >= 4 is 22.8 Å². The van der Waals surface area contributed by atoms with Crippen molar-refractivity contribution in [2.24, 2.45) is 0 Å². The lowest BCUT2D eigenvalue weighted by atomic mass is 9.99. The van der Waals surface area contributed by atoms with Gasteiger partial charge < -0.3 is 19.2 Å². The number of ketones is 1. The predicted molar refractivity (Wildman–Crippen MR) is 123 cm³/mol. The van der Waals surface area contributed by atoms with Crippen LogP contribution >= 0.6 is 0 Å². The van der Waals surface area contributed by atoms with Crippen LogP contribution in [0.25, 0.3) is 28.1 Å². The maximum absolute atomic E-state index is 13.2. The molecule has 3 aromatic carbocycles. The summed E-state index contributed by atoms with van der Waals surface area (Å²) in [6, 6.07) is 19.2. The molecule has 0 unspecified atom stereocenters. The predicted octanol–water partition coefficient (Wildman–Crippen LogP) is 5.76. The number of methoxy groups -OCH3 is 3. The second-order valence-electron chi connectivity index (χ2n) is 6.95. The van der Waals surface area contributed by atoms with Gasteiger partial charge >= 0.3 is 0 Å². The highest BCUT2D eigenvalue weighted by atomic mass is 16.5. The third-order valence-corrected chi connectivity index (χ3v) is 5.20. The highest BCUT2D eigenvalue weighted by Gasteiger charge is 2.22. The van der Waals surface area contributed by atoms with Crippen molar-refractivity contribution in [3.63, 3.8) is 0 Å². The molecule has 4 rings (SSSR count). The lowest BCUT2D eigenvalue weighted by molar-refractivity contribution is 0.104. The van der Waals surface area contributed by atoms with E-state index in [2.05, 4.69) is 4.98 Å². The molecular weight excluding hydrogens is 390 g/mol. The van der Waals surface area contributed by atoms with Crippen LogP contribution in [-0.2, 0) is 0 Å². The van der Waals surface area contributed by atoms with E-state index in [0.29, 0.717) is 22.6 Å². The topological polar surface area (TPSA) is 60.6 Å². The van der Waals surface area contributed by atoms with E-state index >= 15 is 0 Å². The van der Waals surface area contributed by atoms with Crippen molar-refractivity contribution < 1.29 is 19.0 Å². The molecule has 156 valence electrons. The number of rotatable bonds is 7. The Hall–Kier alpha value is -3.99. The second-order valence-corrected chi connectivity index (χ2v) is 6.95. The van der Waals surface area contributed by atoms with Crippen molar-refractivity contribution in [1.82, 2.24) is 4.98 Å². The third kappa shape index (κ3) is 3.90. The molecule has 5 heteroatoms. The minimum Gasteiger partial charge on any atom is -0.497 e. The van der Waals surface area contributed by atoms with Gasteiger partial charge in [0.2, 0.25) is 0 Å². The van der Waals surface area contributed by atoms with E-state index in [0.717, 1.165) is 27.8 Å². The summed E-state index contributed by atoms with van der Waals surface area (Å²) in [7, 11) is 4.78. The van der Waals surface area contributed by atoms with E-state index in [4.69, 9.17) is 14.2 Å². The van der Waals surface area contributed by atoms with Crippen LogP contribution in [0.15, 0.2) is 72.9 Å². The third-order valence-electron chi connectivity index (χ3n) is 5.20. The Morgan fingerprint density at radius 1 is 0.871 bits per heavy atom. The number of ether oxygens (including phenoxy) is 3. The molecule has 5 nitrogen and oxygen atoms in total. The first-order valence-electron chi connectivity index (χ1n) is 9.84. The molecule has 0 fully saturated rings. The van der Waals surface area contributed by atoms with Gasteiger partial charge in [0.05, 0.1) is 37.8 Å². The van der Waals surface area contributed by atoms with Crippen LogP contribution in [0.5, 0.6) is 17.2 Å². The largest absolute Gasteiger partial charge is 0.497 e. The van der Waals surface area contributed by atoms with E-state index in [9.17, 15) is 4.79 Å². The Bertz CT molecular complexity index is 1240. The Balaban J connectivity index is 1.81. The Morgan fingerprint density at radius 2 is 1.58 bits per heavy atom. The molecule has 1 heterocycles. The Kier molecular flexibility index (Phi) is 5.76. The molecule has 0 aliphatic heterocycles. The zero-order valence-electron chi connectivity index (χ0n) is 17.6. The number of aromatic amines is 1. The molecule has 0 bridgehead atoms. The smallest absolute Gasteiger partial charge is 0.191 e. The van der Waals surface area contributed by atoms with Gasteiger partial charge in [-0.05, 0) is 29.3 Å². The van der Waals surface area contributed by atoms with Crippen molar-refractivity contribution in [1.29, 1.82) is 0 Å². The van der Waals surface area contributed by atoms with E-state index in [1.54, 1.807) is 39.5 Å². The summed E-state index contributed by atoms with van der Waals surface area (Å²) in [5, 5.41) is 0.843. The van der Waals surface area contributed by atoms with Crippen LogP contribution < -0.4 is 14.2 Å². The summed E-state index contributed by atoms with van der Waals surface area (Å²) >= 11 is 0. The second kappa shape index (κ2) is 8.79. The first-order chi connectivity index (χ1) is 15.2. The first kappa shape index (κ1) is 20.3. The number of hydrogen-bond donors (Lipinski definition) is 1. The number of carbonyl (C=O) groups is 1. The molecule has 0 aliphatic rings. The number of H-pyrrole nitrogens is 1. The fourth-order valence-corrected chi connectivity index (χ4v) is 3.65. The number of aromatic nitrogens is 1. The lowest BCUT2D eigenvalue weighted by Crippen LogP contribution is -2.02. The van der Waals surface area contributed by atoms with Gasteiger partial charge in [0.15, 0.2) is 5.78 Å². The van der Waals surface area contributed by atoms with Crippen LogP contribution in [0.2, 0.25) is 0 Å². The molecule has 1 N–H and O–H groups in total. The van der Waals surface area contributed by atoms with Gasteiger partial charge in [-0.15, -0.1) is 0 Å². The van der Waals surface area contributed by atoms with Crippen molar-refractivity contribution in [2.75, 3.05) is 21.3 Å². The van der Waals surface area contributed by atoms with Crippen LogP contribution in [0.4, 0.5) is 0 Å². The highest BCUT2D eigenvalue weighted by Crippen LogP contribution is 2.41. The number of allylic oxidation sites excluding steroid dienone is 1. The van der Waals surface area contributed by atoms with Gasteiger partial charge in [0.1, 0.15) is 17.2 Å². The van der Waals surface area contributed by atoms with Crippen molar-refractivity contribution in [2.45, 2.75) is 0 Å². The first-order valence-corrected chi connectivity index (χ1v) is 9.84. The molecule has 4 aromatic rings. The Morgan fingerprint density at radius 3 is 2.23 bits per heavy atom. The van der Waals surface area contributed by atoms with Gasteiger partial charge in [-0.2, -0.15) is 0 Å². The SMILES string of the molecule is COc1ccc(/C=C/C(=O)c2c(OC)cc(OC)c3c(-c4ccccc4)c[nH]c23)cc1. The van der Waals surface area contributed by atoms with Gasteiger partial charge in [0.25, 0.3) is 0 Å². The van der Waals surface area contributed by atoms with Crippen LogP contribution in [0.1, 0.15) is 15.9 Å². The van der Waals surface area contributed by atoms with Crippen LogP contribution in [-0.4, -0.2) is 32.1 Å². The fraction of sp³-hybridized carbons (Fsp3) is 0.115. The monoisotopic (exact) mass is 413 g/mol. The summed E-state index contributed by atoms with van der Waals surface area (Å²) in [5.74, 6) is 1.70. The standard InChI is InChI=1S/C26H23NO4/c1-29-19-12-9-17(10-13-19)11-14-21(28)25-23(31-3)15-22(30-2)24-20(16-27-26(24)25)18-7-5-4-6-8-18/h4-16,27H,1-3H3/b14-11+. The average molecular weight is 413 g/mol. The molecule has 0 saturated heterocycles. The summed E-state index contributed by atoms with van der Waals surface area (Å²) in [6.07, 6.45) is 5.22. The van der Waals surface area contributed by atoms with Gasteiger partial charge in [-0.3, -0.25) is 4.79 Å². The molecule has 0 amide bonds. The number of hydrogen-bond acceptors (Lipinski definition) is 4. The zero-order valence-corrected chi connectivity index (χ0v) is 17.6. The minimum absolute atomic E-state index is 0.165. The molecule has 0 atom stereocenters. The normalized spacial score (nSPS) is 11.1. The summed E-state index contributed by atoms with van der Waals surface area (Å²) in [4.78, 5) is 16.5. The number of carbonyl (C=O) groups excluding carboxylic acids is 1. The maximum Gasteiger partial charge on any atom is 0.191 e. The maximum atomic E-state index is 13.2. The summed E-state index contributed by atoms with van der Waals surface area (Å²) in [6.45, 7) is 0. The summed E-state index contributed by atoms with van der Waals surface area (Å²) in [5.41, 5.74) is 4.03. The highest BCUT2D eigenvalue weighted by molar-refractivity contribution is 6.19. The molecule has 0 spiro atoms. The lowest BCUT2D eigenvalue weighted by Gasteiger charge is -2.12. The van der Waals surface area contributed by atoms with Crippen LogP contribution in [0, 0.1) is 0 Å². The van der Waals surface area contributed by atoms with E-state index in [1.807, 2.05) is 60.8 Å². The molecule has 0 saturated carbocycles. The van der Waals surface area contributed by atoms with Crippen molar-refractivity contribution in [3.05, 3.63) is 84.1 Å². The van der Waals surface area contributed by atoms with E-state index < -0.39 is 0 Å². The van der Waals surface area contributed by atoms with E-state index in [-0.39, 0.29) is 5.78 Å². The Labute approximate surface area is 180 Å². The fourth-order valence-electron chi connectivity index (χ4n) is 3.65. The average Bonchev–Trinajstić information content (AvgIpc) is 3.27. The quantitative estimate of drug-likeness (QED) is 0.309. The van der Waals surface area contributed by atoms with Crippen molar-refractivity contribution in [3.8, 4) is 28.4 Å². The molecule has 1 aromatic heterocycles. The van der Waals surface area contributed by atoms with Gasteiger partial charge in [-0.1, -0.05) is 48.5 Å². The summed E-state index contributed by atoms with van der Waals surface area (Å²) < 4.78 is 16.4. The molecule has 0 aliphatic carbocycles. The zero-order chi connectivity index (χ0) is 21.8. The number of nitrogens with one attached hydrogen (secondary N) is 1. The van der Waals surface area contributed by atoms with E-state index in [1.165, 1.54) is 0 Å². The van der Waals surface area contributed by atoms with Crippen LogP contribution in [0.3, 0.4) is 0 Å². The molecule has 31 heavy (non-hydrogen) atoms. The molecular formula is C26H23NO4. The number of benzene rings is 3. The minimum atomic E-state index is -0.165. The molecule has 0 radical (unpaired) electrons. The van der Waals surface area contributed by atoms with Gasteiger partial charge in [-0.25, -0.2) is 0 Å². The number of fused-ring (bicyclic) bond motifs is 1. The van der Waals surface area contributed by atoms with Gasteiger partial charge in [0, 0.05) is 17.8 Å².